The Hall–Kier alpha value is -0.620. The zero-order chi connectivity index (χ0) is 10.1. The number of carbonyl (C=O) groups is 1. The van der Waals surface area contributed by atoms with E-state index in [-0.39, 0.29) is 12.6 Å². The fourth-order valence-electron chi connectivity index (χ4n) is 1.51. The number of cyclic esters (lactones) is 1. The van der Waals surface area contributed by atoms with Crippen LogP contribution in [0.2, 0.25) is 0 Å². The van der Waals surface area contributed by atoms with Crippen molar-refractivity contribution in [3.05, 3.63) is 32.4 Å². The van der Waals surface area contributed by atoms with Gasteiger partial charge in [-0.3, -0.25) is 0 Å². The van der Waals surface area contributed by atoms with Gasteiger partial charge in [0, 0.05) is 15.7 Å². The average Bonchev–Trinajstić information content (AvgIpc) is 2.50. The fraction of sp³-hybridized carbons (Fsp3) is 0.300. The van der Waals surface area contributed by atoms with Gasteiger partial charge in [0.2, 0.25) is 0 Å². The first-order valence-electron chi connectivity index (χ1n) is 4.31. The topological polar surface area (TPSA) is 46.5 Å². The second kappa shape index (κ2) is 3.86. The second-order valence-electron chi connectivity index (χ2n) is 3.15. The van der Waals surface area contributed by atoms with E-state index in [1.54, 1.807) is 0 Å². The highest BCUT2D eigenvalue weighted by Crippen LogP contribution is 2.25. The van der Waals surface area contributed by atoms with Gasteiger partial charge < -0.3 is 9.84 Å². The number of hydrogen-bond acceptors (Lipinski definition) is 3. The summed E-state index contributed by atoms with van der Waals surface area (Å²) in [6.07, 6.45) is 0.625. The van der Waals surface area contributed by atoms with E-state index in [4.69, 9.17) is 9.84 Å². The minimum absolute atomic E-state index is 0.129. The molecule has 4 heteroatoms. The van der Waals surface area contributed by atoms with Crippen molar-refractivity contribution in [2.24, 2.45) is 0 Å². The molecule has 14 heavy (non-hydrogen) atoms. The number of hydrogen-bond donors (Lipinski definition) is 1. The Morgan fingerprint density at radius 1 is 1.50 bits per heavy atom. The summed E-state index contributed by atoms with van der Waals surface area (Å²) in [6.45, 7) is 0.493. The minimum atomic E-state index is -0.242. The lowest BCUT2D eigenvalue weighted by Gasteiger charge is -2.04. The van der Waals surface area contributed by atoms with E-state index < -0.39 is 0 Å². The maximum Gasteiger partial charge on any atom is 0.338 e. The van der Waals surface area contributed by atoms with Gasteiger partial charge in [0.1, 0.15) is 6.61 Å². The molecule has 1 heterocycles. The van der Waals surface area contributed by atoms with Gasteiger partial charge in [0.25, 0.3) is 0 Å². The highest BCUT2D eigenvalue weighted by Gasteiger charge is 2.22. The van der Waals surface area contributed by atoms with Crippen molar-refractivity contribution in [3.63, 3.8) is 0 Å². The van der Waals surface area contributed by atoms with Gasteiger partial charge in [0.05, 0.1) is 5.56 Å². The van der Waals surface area contributed by atoms with Crippen LogP contribution in [0.5, 0.6) is 0 Å². The molecular formula is C10H9IO3. The Morgan fingerprint density at radius 2 is 2.29 bits per heavy atom. The van der Waals surface area contributed by atoms with Gasteiger partial charge >= 0.3 is 5.97 Å². The molecular weight excluding hydrogens is 295 g/mol. The third-order valence-electron chi connectivity index (χ3n) is 2.23. The number of aliphatic hydroxyl groups is 1. The van der Waals surface area contributed by atoms with Gasteiger partial charge in [0.15, 0.2) is 0 Å². The highest BCUT2D eigenvalue weighted by atomic mass is 127. The minimum Gasteiger partial charge on any atom is -0.457 e. The number of ether oxygens (including phenoxy) is 1. The lowest BCUT2D eigenvalue weighted by Crippen LogP contribution is -1.99. The number of fused-ring (bicyclic) bond motifs is 1. The molecule has 1 N–H and O–H groups in total. The third-order valence-corrected chi connectivity index (χ3v) is 3.24. The number of rotatable bonds is 2. The lowest BCUT2D eigenvalue weighted by molar-refractivity contribution is 0.0535. The molecule has 3 nitrogen and oxygen atoms in total. The zero-order valence-electron chi connectivity index (χ0n) is 7.42. The molecule has 0 radical (unpaired) electrons. The van der Waals surface area contributed by atoms with Crippen LogP contribution in [0.3, 0.4) is 0 Å². The fourth-order valence-corrected chi connectivity index (χ4v) is 2.25. The summed E-state index contributed by atoms with van der Waals surface area (Å²) in [5.74, 6) is -0.242. The molecule has 0 unspecified atom stereocenters. The van der Waals surface area contributed by atoms with Crippen LogP contribution in [-0.2, 0) is 17.8 Å². The molecule has 1 aliphatic heterocycles. The molecule has 0 aliphatic carbocycles. The zero-order valence-corrected chi connectivity index (χ0v) is 9.58. The van der Waals surface area contributed by atoms with Crippen LogP contribution in [0.4, 0.5) is 0 Å². The summed E-state index contributed by atoms with van der Waals surface area (Å²) in [5.41, 5.74) is 2.67. The standard InChI is InChI=1S/C10H9IO3/c11-9-4-8-7(5-14-10(8)13)3-6(9)1-2-12/h3-4,12H,1-2,5H2. The van der Waals surface area contributed by atoms with E-state index >= 15 is 0 Å². The molecule has 0 bridgehead atoms. The number of aliphatic hydroxyl groups excluding tert-OH is 1. The van der Waals surface area contributed by atoms with Crippen LogP contribution in [0, 0.1) is 3.57 Å². The molecule has 74 valence electrons. The van der Waals surface area contributed by atoms with E-state index in [9.17, 15) is 4.79 Å². The van der Waals surface area contributed by atoms with E-state index in [1.807, 2.05) is 12.1 Å². The van der Waals surface area contributed by atoms with Crippen molar-refractivity contribution in [3.8, 4) is 0 Å². The third kappa shape index (κ3) is 1.64. The van der Waals surface area contributed by atoms with Crippen LogP contribution in [0.15, 0.2) is 12.1 Å². The molecule has 0 atom stereocenters. The largest absolute Gasteiger partial charge is 0.457 e. The van der Waals surface area contributed by atoms with Crippen molar-refractivity contribution in [2.45, 2.75) is 13.0 Å². The second-order valence-corrected chi connectivity index (χ2v) is 4.31. The summed E-state index contributed by atoms with van der Waals surface area (Å²) >= 11 is 2.17. The van der Waals surface area contributed by atoms with Gasteiger partial charge in [-0.2, -0.15) is 0 Å². The summed E-state index contributed by atoms with van der Waals surface area (Å²) in [4.78, 5) is 11.2. The summed E-state index contributed by atoms with van der Waals surface area (Å²) < 4.78 is 5.92. The number of esters is 1. The van der Waals surface area contributed by atoms with Crippen molar-refractivity contribution in [2.75, 3.05) is 6.61 Å². The number of carbonyl (C=O) groups excluding carboxylic acids is 1. The quantitative estimate of drug-likeness (QED) is 0.665. The highest BCUT2D eigenvalue weighted by molar-refractivity contribution is 14.1. The van der Waals surface area contributed by atoms with Crippen LogP contribution < -0.4 is 0 Å². The number of halogens is 1. The molecule has 0 fully saturated rings. The van der Waals surface area contributed by atoms with Crippen molar-refractivity contribution in [1.29, 1.82) is 0 Å². The van der Waals surface area contributed by atoms with Crippen LogP contribution in [0.1, 0.15) is 21.5 Å². The van der Waals surface area contributed by atoms with Gasteiger partial charge in [-0.25, -0.2) is 4.79 Å². The summed E-state index contributed by atoms with van der Waals surface area (Å²) in [7, 11) is 0. The molecule has 0 amide bonds. The predicted octanol–water partition coefficient (Wildman–Crippen LogP) is 1.50. The van der Waals surface area contributed by atoms with Crippen LogP contribution >= 0.6 is 22.6 Å². The molecule has 2 rings (SSSR count). The van der Waals surface area contributed by atoms with Crippen molar-refractivity contribution >= 4 is 28.6 Å². The number of benzene rings is 1. The van der Waals surface area contributed by atoms with E-state index in [2.05, 4.69) is 22.6 Å². The van der Waals surface area contributed by atoms with Crippen LogP contribution in [0.25, 0.3) is 0 Å². The molecule has 1 aromatic rings. The molecule has 1 aromatic carbocycles. The Bertz CT molecular complexity index is 387. The first-order valence-corrected chi connectivity index (χ1v) is 5.39. The maximum atomic E-state index is 11.2. The normalized spacial score (nSPS) is 14.0. The van der Waals surface area contributed by atoms with Gasteiger partial charge in [-0.15, -0.1) is 0 Å². The van der Waals surface area contributed by atoms with Gasteiger partial charge in [-0.05, 0) is 40.6 Å². The predicted molar refractivity (Wildman–Crippen MR) is 59.1 cm³/mol. The SMILES string of the molecule is O=C1OCc2cc(CCO)c(I)cc21. The van der Waals surface area contributed by atoms with E-state index in [0.29, 0.717) is 18.6 Å². The van der Waals surface area contributed by atoms with E-state index in [1.165, 1.54) is 0 Å². The Balaban J connectivity index is 2.44. The van der Waals surface area contributed by atoms with Crippen molar-refractivity contribution in [1.82, 2.24) is 0 Å². The first-order chi connectivity index (χ1) is 6.72. The first kappa shape index (κ1) is 9.92. The Morgan fingerprint density at radius 3 is 3.00 bits per heavy atom. The molecule has 0 aromatic heterocycles. The van der Waals surface area contributed by atoms with Crippen LogP contribution in [-0.4, -0.2) is 17.7 Å². The molecule has 0 saturated carbocycles. The Kier molecular flexibility index (Phi) is 2.73. The lowest BCUT2D eigenvalue weighted by atomic mass is 10.0. The monoisotopic (exact) mass is 304 g/mol. The average molecular weight is 304 g/mol. The molecule has 0 saturated heterocycles. The van der Waals surface area contributed by atoms with Gasteiger partial charge in [-0.1, -0.05) is 6.07 Å². The Labute approximate surface area is 95.2 Å². The smallest absolute Gasteiger partial charge is 0.338 e. The molecule has 0 spiro atoms. The molecule has 1 aliphatic rings. The van der Waals surface area contributed by atoms with Crippen molar-refractivity contribution < 1.29 is 14.6 Å². The maximum absolute atomic E-state index is 11.2. The van der Waals surface area contributed by atoms with E-state index in [0.717, 1.165) is 14.7 Å². The summed E-state index contributed by atoms with van der Waals surface area (Å²) in [6, 6.07) is 3.77. The summed E-state index contributed by atoms with van der Waals surface area (Å²) in [5, 5.41) is 8.84.